The molecule has 0 saturated carbocycles. The van der Waals surface area contributed by atoms with Gasteiger partial charge in [0.05, 0.1) is 5.56 Å². The molecule has 0 heterocycles. The molecule has 2 aromatic carbocycles. The number of carbonyl (C=O) groups excluding carboxylic acids is 2. The van der Waals surface area contributed by atoms with E-state index in [0.717, 1.165) is 23.8 Å². The highest BCUT2D eigenvalue weighted by atomic mass is 19.4. The van der Waals surface area contributed by atoms with Crippen molar-refractivity contribution in [2.75, 3.05) is 13.2 Å². The molecule has 0 aliphatic heterocycles. The summed E-state index contributed by atoms with van der Waals surface area (Å²) in [6.45, 7) is 1.88. The van der Waals surface area contributed by atoms with Crippen LogP contribution in [0.25, 0.3) is 6.08 Å². The Morgan fingerprint density at radius 2 is 1.82 bits per heavy atom. The van der Waals surface area contributed by atoms with E-state index in [1.807, 2.05) is 37.3 Å². The Hall–Kier alpha value is -3.09. The molecule has 28 heavy (non-hydrogen) atoms. The van der Waals surface area contributed by atoms with Crippen molar-refractivity contribution >= 4 is 18.0 Å². The average Bonchev–Trinajstić information content (AvgIpc) is 2.69. The van der Waals surface area contributed by atoms with Gasteiger partial charge in [0.1, 0.15) is 0 Å². The lowest BCUT2D eigenvalue weighted by Crippen LogP contribution is -2.31. The second kappa shape index (κ2) is 9.73. The van der Waals surface area contributed by atoms with Gasteiger partial charge in [-0.25, -0.2) is 4.79 Å². The van der Waals surface area contributed by atoms with Gasteiger partial charge >= 0.3 is 12.1 Å². The van der Waals surface area contributed by atoms with E-state index in [4.69, 9.17) is 4.74 Å². The largest absolute Gasteiger partial charge is 0.452 e. The van der Waals surface area contributed by atoms with Gasteiger partial charge in [0.15, 0.2) is 6.61 Å². The van der Waals surface area contributed by atoms with Crippen LogP contribution < -0.4 is 5.32 Å². The summed E-state index contributed by atoms with van der Waals surface area (Å²) in [7, 11) is 0. The fraction of sp³-hybridized carbons (Fsp3) is 0.238. The maximum atomic E-state index is 12.7. The lowest BCUT2D eigenvalue weighted by molar-refractivity contribution is -0.143. The Morgan fingerprint density at radius 1 is 1.11 bits per heavy atom. The van der Waals surface area contributed by atoms with Crippen LogP contribution in [0.2, 0.25) is 0 Å². The van der Waals surface area contributed by atoms with Gasteiger partial charge in [-0.1, -0.05) is 49.4 Å². The Kier molecular flexibility index (Phi) is 7.37. The van der Waals surface area contributed by atoms with Gasteiger partial charge in [-0.15, -0.1) is 0 Å². The fourth-order valence-electron chi connectivity index (χ4n) is 2.39. The predicted molar refractivity (Wildman–Crippen MR) is 99.3 cm³/mol. The number of amides is 1. The van der Waals surface area contributed by atoms with Gasteiger partial charge in [-0.2, -0.15) is 13.2 Å². The molecule has 0 aliphatic rings. The lowest BCUT2D eigenvalue weighted by atomic mass is 10.0. The SMILES string of the molecule is C[C@H](CNC(=O)COC(=O)/C=C/c1cccc(C(F)(F)F)c1)c1ccccc1. The van der Waals surface area contributed by atoms with Gasteiger partial charge in [-0.3, -0.25) is 4.79 Å². The van der Waals surface area contributed by atoms with Gasteiger partial charge in [0, 0.05) is 12.6 Å². The number of alkyl halides is 3. The molecule has 7 heteroatoms. The van der Waals surface area contributed by atoms with Crippen LogP contribution in [0.1, 0.15) is 29.5 Å². The third-order valence-electron chi connectivity index (χ3n) is 3.95. The normalized spacial score (nSPS) is 12.6. The van der Waals surface area contributed by atoms with Gasteiger partial charge in [0.25, 0.3) is 5.91 Å². The number of benzene rings is 2. The first-order valence-corrected chi connectivity index (χ1v) is 8.59. The Labute approximate surface area is 161 Å². The van der Waals surface area contributed by atoms with Crippen LogP contribution in [0.4, 0.5) is 13.2 Å². The number of hydrogen-bond acceptors (Lipinski definition) is 3. The minimum atomic E-state index is -4.46. The monoisotopic (exact) mass is 391 g/mol. The van der Waals surface area contributed by atoms with E-state index in [9.17, 15) is 22.8 Å². The zero-order valence-electron chi connectivity index (χ0n) is 15.2. The maximum absolute atomic E-state index is 12.7. The molecule has 0 saturated heterocycles. The van der Waals surface area contributed by atoms with E-state index in [1.165, 1.54) is 18.2 Å². The van der Waals surface area contributed by atoms with Gasteiger partial charge < -0.3 is 10.1 Å². The van der Waals surface area contributed by atoms with Crippen LogP contribution in [0.3, 0.4) is 0 Å². The summed E-state index contributed by atoms with van der Waals surface area (Å²) in [5.41, 5.74) is 0.464. The summed E-state index contributed by atoms with van der Waals surface area (Å²) in [6, 6.07) is 14.2. The summed E-state index contributed by atoms with van der Waals surface area (Å²) in [4.78, 5) is 23.4. The third-order valence-corrected chi connectivity index (χ3v) is 3.95. The van der Waals surface area contributed by atoms with E-state index in [-0.39, 0.29) is 11.5 Å². The molecule has 2 rings (SSSR count). The molecule has 148 valence electrons. The average molecular weight is 391 g/mol. The molecule has 4 nitrogen and oxygen atoms in total. The summed E-state index contributed by atoms with van der Waals surface area (Å²) in [5.74, 6) is -1.17. The summed E-state index contributed by atoms with van der Waals surface area (Å²) < 4.78 is 42.8. The van der Waals surface area contributed by atoms with Crippen molar-refractivity contribution < 1.29 is 27.5 Å². The first kappa shape index (κ1) is 21.2. The highest BCUT2D eigenvalue weighted by Gasteiger charge is 2.30. The van der Waals surface area contributed by atoms with Crippen molar-refractivity contribution in [1.29, 1.82) is 0 Å². The molecule has 0 radical (unpaired) electrons. The molecule has 0 unspecified atom stereocenters. The lowest BCUT2D eigenvalue weighted by Gasteiger charge is -2.12. The fourth-order valence-corrected chi connectivity index (χ4v) is 2.39. The molecule has 1 N–H and O–H groups in total. The van der Waals surface area contributed by atoms with E-state index in [0.29, 0.717) is 6.54 Å². The molecular formula is C21H20F3NO3. The van der Waals surface area contributed by atoms with Crippen LogP contribution in [-0.4, -0.2) is 25.0 Å². The minimum absolute atomic E-state index is 0.0988. The van der Waals surface area contributed by atoms with Crippen LogP contribution in [-0.2, 0) is 20.5 Å². The molecule has 0 aromatic heterocycles. The number of hydrogen-bond donors (Lipinski definition) is 1. The van der Waals surface area contributed by atoms with Crippen molar-refractivity contribution in [2.45, 2.75) is 19.0 Å². The number of esters is 1. The molecule has 2 aromatic rings. The Morgan fingerprint density at radius 3 is 2.50 bits per heavy atom. The quantitative estimate of drug-likeness (QED) is 0.569. The van der Waals surface area contributed by atoms with Gasteiger partial charge in [0.2, 0.25) is 0 Å². The summed E-state index contributed by atoms with van der Waals surface area (Å²) in [5, 5.41) is 2.67. The van der Waals surface area contributed by atoms with Gasteiger partial charge in [-0.05, 0) is 35.3 Å². The van der Waals surface area contributed by atoms with Crippen LogP contribution in [0.5, 0.6) is 0 Å². The first-order valence-electron chi connectivity index (χ1n) is 8.59. The van der Waals surface area contributed by atoms with E-state index in [2.05, 4.69) is 5.32 Å². The predicted octanol–water partition coefficient (Wildman–Crippen LogP) is 4.18. The van der Waals surface area contributed by atoms with E-state index >= 15 is 0 Å². The van der Waals surface area contributed by atoms with Crippen molar-refractivity contribution in [3.8, 4) is 0 Å². The standard InChI is InChI=1S/C21H20F3NO3/c1-15(17-7-3-2-4-8-17)13-25-19(26)14-28-20(27)11-10-16-6-5-9-18(12-16)21(22,23)24/h2-12,15H,13-14H2,1H3,(H,25,26)/b11-10+/t15-/m1/s1. The van der Waals surface area contributed by atoms with Crippen molar-refractivity contribution in [3.05, 3.63) is 77.4 Å². The summed E-state index contributed by atoms with van der Waals surface area (Å²) >= 11 is 0. The van der Waals surface area contributed by atoms with E-state index < -0.39 is 30.2 Å². The Bertz CT molecular complexity index is 832. The molecule has 0 bridgehead atoms. The smallest absolute Gasteiger partial charge is 0.416 e. The van der Waals surface area contributed by atoms with Crippen LogP contribution >= 0.6 is 0 Å². The molecule has 0 spiro atoms. The second-order valence-electron chi connectivity index (χ2n) is 6.18. The van der Waals surface area contributed by atoms with Crippen LogP contribution in [0, 0.1) is 0 Å². The minimum Gasteiger partial charge on any atom is -0.452 e. The molecule has 1 amide bonds. The topological polar surface area (TPSA) is 55.4 Å². The molecule has 0 aliphatic carbocycles. The number of nitrogens with one attached hydrogen (secondary N) is 1. The summed E-state index contributed by atoms with van der Waals surface area (Å²) in [6.07, 6.45) is -2.28. The Balaban J connectivity index is 1.77. The zero-order valence-corrected chi connectivity index (χ0v) is 15.2. The number of carbonyl (C=O) groups is 2. The maximum Gasteiger partial charge on any atom is 0.416 e. The number of rotatable bonds is 7. The van der Waals surface area contributed by atoms with Crippen LogP contribution in [0.15, 0.2) is 60.7 Å². The van der Waals surface area contributed by atoms with Crippen molar-refractivity contribution in [1.82, 2.24) is 5.32 Å². The molecular weight excluding hydrogens is 371 g/mol. The zero-order chi connectivity index (χ0) is 20.6. The van der Waals surface area contributed by atoms with Crippen molar-refractivity contribution in [2.24, 2.45) is 0 Å². The first-order chi connectivity index (χ1) is 13.3. The number of ether oxygens (including phenoxy) is 1. The molecule has 0 fully saturated rings. The highest BCUT2D eigenvalue weighted by Crippen LogP contribution is 2.29. The highest BCUT2D eigenvalue weighted by molar-refractivity contribution is 5.89. The molecule has 1 atom stereocenters. The number of halogens is 3. The van der Waals surface area contributed by atoms with E-state index in [1.54, 1.807) is 0 Å². The third kappa shape index (κ3) is 6.90. The van der Waals surface area contributed by atoms with Crippen molar-refractivity contribution in [3.63, 3.8) is 0 Å². The second-order valence-corrected chi connectivity index (χ2v) is 6.18.